The number of benzene rings is 2. The number of rotatable bonds is 4. The standard InChI is InChI=1S/C17H12Cl2N2O/c18-15-7-3-13(11-16(15)19)4-8-17(22)21-14-5-1-12(2-6-14)9-10-20/h1-8,11H,9H2,(H,21,22)/b8-4+. The summed E-state index contributed by atoms with van der Waals surface area (Å²) in [4.78, 5) is 11.8. The highest BCUT2D eigenvalue weighted by molar-refractivity contribution is 6.42. The third-order valence-electron chi connectivity index (χ3n) is 2.88. The maximum Gasteiger partial charge on any atom is 0.248 e. The number of amides is 1. The predicted octanol–water partition coefficient (Wildman–Crippen LogP) is 4.71. The van der Waals surface area contributed by atoms with E-state index >= 15 is 0 Å². The third-order valence-corrected chi connectivity index (χ3v) is 3.61. The normalized spacial score (nSPS) is 10.4. The van der Waals surface area contributed by atoms with E-state index in [-0.39, 0.29) is 5.91 Å². The lowest BCUT2D eigenvalue weighted by molar-refractivity contribution is -0.111. The first kappa shape index (κ1) is 16.1. The van der Waals surface area contributed by atoms with Crippen LogP contribution in [-0.2, 0) is 11.2 Å². The molecule has 0 aliphatic heterocycles. The van der Waals surface area contributed by atoms with Crippen LogP contribution in [0.25, 0.3) is 6.08 Å². The predicted molar refractivity (Wildman–Crippen MR) is 89.9 cm³/mol. The lowest BCUT2D eigenvalue weighted by atomic mass is 10.1. The number of hydrogen-bond acceptors (Lipinski definition) is 2. The van der Waals surface area contributed by atoms with Gasteiger partial charge in [-0.05, 0) is 41.5 Å². The second-order valence-electron chi connectivity index (χ2n) is 4.53. The zero-order valence-electron chi connectivity index (χ0n) is 11.5. The fourth-order valence-corrected chi connectivity index (χ4v) is 2.08. The Morgan fingerprint density at radius 2 is 1.86 bits per heavy atom. The van der Waals surface area contributed by atoms with Crippen molar-refractivity contribution in [2.45, 2.75) is 6.42 Å². The molecule has 0 spiro atoms. The summed E-state index contributed by atoms with van der Waals surface area (Å²) in [6.45, 7) is 0. The Bertz CT molecular complexity index is 746. The van der Waals surface area contributed by atoms with Crippen molar-refractivity contribution in [1.29, 1.82) is 5.26 Å². The van der Waals surface area contributed by atoms with Crippen molar-refractivity contribution in [1.82, 2.24) is 0 Å². The fourth-order valence-electron chi connectivity index (χ4n) is 1.77. The SMILES string of the molecule is N#CCc1ccc(NC(=O)/C=C/c2ccc(Cl)c(Cl)c2)cc1. The molecule has 0 radical (unpaired) electrons. The molecular formula is C17H12Cl2N2O. The van der Waals surface area contributed by atoms with Gasteiger partial charge in [0.25, 0.3) is 0 Å². The van der Waals surface area contributed by atoms with Crippen molar-refractivity contribution < 1.29 is 4.79 Å². The highest BCUT2D eigenvalue weighted by Gasteiger charge is 2.00. The van der Waals surface area contributed by atoms with Gasteiger partial charge >= 0.3 is 0 Å². The second-order valence-corrected chi connectivity index (χ2v) is 5.34. The number of nitrogens with one attached hydrogen (secondary N) is 1. The summed E-state index contributed by atoms with van der Waals surface area (Å²) in [5, 5.41) is 12.3. The second kappa shape index (κ2) is 7.65. The first-order valence-corrected chi connectivity index (χ1v) is 7.24. The lowest BCUT2D eigenvalue weighted by Crippen LogP contribution is -2.07. The van der Waals surface area contributed by atoms with Crippen LogP contribution < -0.4 is 5.32 Å². The zero-order chi connectivity index (χ0) is 15.9. The Morgan fingerprint density at radius 1 is 1.14 bits per heavy atom. The molecule has 110 valence electrons. The molecule has 1 amide bonds. The quantitative estimate of drug-likeness (QED) is 0.825. The molecule has 2 aromatic rings. The number of hydrogen-bond donors (Lipinski definition) is 1. The maximum atomic E-state index is 11.8. The molecule has 0 saturated heterocycles. The van der Waals surface area contributed by atoms with Crippen LogP contribution in [0, 0.1) is 11.3 Å². The Balaban J connectivity index is 1.98. The minimum atomic E-state index is -0.251. The van der Waals surface area contributed by atoms with E-state index in [4.69, 9.17) is 28.5 Å². The van der Waals surface area contributed by atoms with Gasteiger partial charge in [0.1, 0.15) is 0 Å². The third kappa shape index (κ3) is 4.63. The van der Waals surface area contributed by atoms with Crippen molar-refractivity contribution in [2.24, 2.45) is 0 Å². The summed E-state index contributed by atoms with van der Waals surface area (Å²) in [5.41, 5.74) is 2.37. The van der Waals surface area contributed by atoms with Crippen molar-refractivity contribution >= 4 is 40.9 Å². The van der Waals surface area contributed by atoms with Gasteiger partial charge in [-0.25, -0.2) is 0 Å². The van der Waals surface area contributed by atoms with E-state index in [1.54, 1.807) is 36.4 Å². The zero-order valence-corrected chi connectivity index (χ0v) is 13.0. The molecule has 5 heteroatoms. The summed E-state index contributed by atoms with van der Waals surface area (Å²) >= 11 is 11.7. The molecule has 2 aromatic carbocycles. The summed E-state index contributed by atoms with van der Waals surface area (Å²) in [5.74, 6) is -0.251. The number of nitrogens with zero attached hydrogens (tertiary/aromatic N) is 1. The first-order valence-electron chi connectivity index (χ1n) is 6.48. The van der Waals surface area contributed by atoms with Crippen LogP contribution >= 0.6 is 23.2 Å². The van der Waals surface area contributed by atoms with Crippen LogP contribution in [0.5, 0.6) is 0 Å². The number of nitriles is 1. The Kier molecular flexibility index (Phi) is 5.60. The van der Waals surface area contributed by atoms with Crippen molar-refractivity contribution in [3.8, 4) is 6.07 Å². The summed E-state index contributed by atoms with van der Waals surface area (Å²) in [6, 6.07) is 14.3. The van der Waals surface area contributed by atoms with Gasteiger partial charge in [-0.15, -0.1) is 0 Å². The van der Waals surface area contributed by atoms with Gasteiger partial charge in [-0.1, -0.05) is 41.4 Å². The van der Waals surface area contributed by atoms with Gasteiger partial charge in [-0.3, -0.25) is 4.79 Å². The van der Waals surface area contributed by atoms with Gasteiger partial charge in [0.05, 0.1) is 22.5 Å². The number of halogens is 2. The minimum absolute atomic E-state index is 0.251. The maximum absolute atomic E-state index is 11.8. The molecule has 0 fully saturated rings. The average Bonchev–Trinajstić information content (AvgIpc) is 2.51. The molecule has 0 aliphatic carbocycles. The molecule has 0 bridgehead atoms. The number of anilines is 1. The number of carbonyl (C=O) groups is 1. The molecule has 1 N–H and O–H groups in total. The van der Waals surface area contributed by atoms with E-state index in [9.17, 15) is 4.79 Å². The lowest BCUT2D eigenvalue weighted by Gasteiger charge is -2.03. The average molecular weight is 331 g/mol. The van der Waals surface area contributed by atoms with E-state index in [2.05, 4.69) is 11.4 Å². The molecule has 2 rings (SSSR count). The molecular weight excluding hydrogens is 319 g/mol. The van der Waals surface area contributed by atoms with Gasteiger partial charge in [0.2, 0.25) is 5.91 Å². The van der Waals surface area contributed by atoms with Crippen LogP contribution in [0.15, 0.2) is 48.5 Å². The van der Waals surface area contributed by atoms with Crippen LogP contribution in [-0.4, -0.2) is 5.91 Å². The summed E-state index contributed by atoms with van der Waals surface area (Å²) < 4.78 is 0. The topological polar surface area (TPSA) is 52.9 Å². The van der Waals surface area contributed by atoms with E-state index < -0.39 is 0 Å². The van der Waals surface area contributed by atoms with E-state index in [0.29, 0.717) is 22.2 Å². The monoisotopic (exact) mass is 330 g/mol. The fraction of sp³-hybridized carbons (Fsp3) is 0.0588. The Labute approximate surface area is 138 Å². The smallest absolute Gasteiger partial charge is 0.248 e. The van der Waals surface area contributed by atoms with Crippen molar-refractivity contribution in [3.63, 3.8) is 0 Å². The molecule has 0 unspecified atom stereocenters. The molecule has 0 heterocycles. The first-order chi connectivity index (χ1) is 10.6. The Morgan fingerprint density at radius 3 is 2.50 bits per heavy atom. The Hall–Kier alpha value is -2.28. The van der Waals surface area contributed by atoms with Gasteiger partial charge < -0.3 is 5.32 Å². The van der Waals surface area contributed by atoms with Crippen LogP contribution in [0.2, 0.25) is 10.0 Å². The van der Waals surface area contributed by atoms with Crippen LogP contribution in [0.3, 0.4) is 0 Å². The highest BCUT2D eigenvalue weighted by Crippen LogP contribution is 2.23. The van der Waals surface area contributed by atoms with Gasteiger partial charge in [-0.2, -0.15) is 5.26 Å². The molecule has 0 aliphatic rings. The minimum Gasteiger partial charge on any atom is -0.323 e. The summed E-state index contributed by atoms with van der Waals surface area (Å²) in [7, 11) is 0. The van der Waals surface area contributed by atoms with Gasteiger partial charge in [0, 0.05) is 11.8 Å². The largest absolute Gasteiger partial charge is 0.323 e. The van der Waals surface area contributed by atoms with E-state index in [0.717, 1.165) is 11.1 Å². The van der Waals surface area contributed by atoms with Crippen molar-refractivity contribution in [3.05, 3.63) is 69.7 Å². The molecule has 0 atom stereocenters. The molecule has 3 nitrogen and oxygen atoms in total. The van der Waals surface area contributed by atoms with E-state index in [1.807, 2.05) is 12.1 Å². The van der Waals surface area contributed by atoms with Gasteiger partial charge in [0.15, 0.2) is 0 Å². The number of carbonyl (C=O) groups excluding carboxylic acids is 1. The molecule has 22 heavy (non-hydrogen) atoms. The van der Waals surface area contributed by atoms with Crippen molar-refractivity contribution in [2.75, 3.05) is 5.32 Å². The van der Waals surface area contributed by atoms with Crippen LogP contribution in [0.1, 0.15) is 11.1 Å². The van der Waals surface area contributed by atoms with Crippen LogP contribution in [0.4, 0.5) is 5.69 Å². The molecule has 0 saturated carbocycles. The summed E-state index contributed by atoms with van der Waals surface area (Å²) in [6.07, 6.45) is 3.43. The van der Waals surface area contributed by atoms with E-state index in [1.165, 1.54) is 6.08 Å². The highest BCUT2D eigenvalue weighted by atomic mass is 35.5. The molecule has 0 aromatic heterocycles.